The van der Waals surface area contributed by atoms with Crippen molar-refractivity contribution in [2.45, 2.75) is 0 Å². The van der Waals surface area contributed by atoms with Crippen molar-refractivity contribution in [2.75, 3.05) is 0 Å². The second kappa shape index (κ2) is 22.0. The van der Waals surface area contributed by atoms with Gasteiger partial charge >= 0.3 is 0 Å². The summed E-state index contributed by atoms with van der Waals surface area (Å²) in [6.07, 6.45) is 0. The predicted octanol–water partition coefficient (Wildman–Crippen LogP) is 17.7. The summed E-state index contributed by atoms with van der Waals surface area (Å²) in [4.78, 5) is 44.8. The van der Waals surface area contributed by atoms with Gasteiger partial charge in [0.2, 0.25) is 0 Å². The van der Waals surface area contributed by atoms with Gasteiger partial charge in [-0.05, 0) is 70.8 Å². The van der Waals surface area contributed by atoms with Gasteiger partial charge in [-0.25, -0.2) is 44.9 Å². The lowest BCUT2D eigenvalue weighted by Gasteiger charge is -2.11. The summed E-state index contributed by atoms with van der Waals surface area (Å²) < 4.78 is 2.34. The van der Waals surface area contributed by atoms with Crippen LogP contribution in [-0.4, -0.2) is 49.4 Å². The standard InChI is InChI=1S/C75H48N10/c1-7-19-51(20-8-1)67-76-68(52-21-9-2-10-22-52)80-73(79-67)57-35-31-49(32-36-57)60-41-45-65-63(47-60)64-48-61(50-33-37-58(38-34-50)74-81-69(53-23-11-3-12-24-53)77-70(82-74)54-25-13-4-14-26-54)42-46-66(64)85(65)62-43-39-59(40-44-62)75-83-71(55-27-15-5-16-28-55)78-72(84-75)56-29-17-6-18-30-56/h1-48H. The maximum Gasteiger partial charge on any atom is 0.164 e. The first-order valence-electron chi connectivity index (χ1n) is 28.1. The lowest BCUT2D eigenvalue weighted by molar-refractivity contribution is 1.07. The summed E-state index contributed by atoms with van der Waals surface area (Å²) in [5.41, 5.74) is 15.6. The molecule has 4 aromatic heterocycles. The number of rotatable bonds is 12. The molecule has 0 radical (unpaired) electrons. The third-order valence-corrected chi connectivity index (χ3v) is 15.2. The smallest absolute Gasteiger partial charge is 0.164 e. The molecule has 0 spiro atoms. The van der Waals surface area contributed by atoms with Crippen LogP contribution in [0.1, 0.15) is 0 Å². The molecular weight excluding hydrogens is 1040 g/mol. The monoisotopic (exact) mass is 1090 g/mol. The Kier molecular flexibility index (Phi) is 13.0. The van der Waals surface area contributed by atoms with Crippen molar-refractivity contribution >= 4 is 21.8 Å². The van der Waals surface area contributed by atoms with E-state index in [0.717, 1.165) is 99.8 Å². The van der Waals surface area contributed by atoms with Crippen LogP contribution in [-0.2, 0) is 0 Å². The van der Waals surface area contributed by atoms with Gasteiger partial charge in [0.15, 0.2) is 52.4 Å². The molecule has 0 amide bonds. The maximum absolute atomic E-state index is 5.03. The fourth-order valence-electron chi connectivity index (χ4n) is 10.9. The highest BCUT2D eigenvalue weighted by atomic mass is 15.1. The van der Waals surface area contributed by atoms with E-state index in [-0.39, 0.29) is 0 Å². The summed E-state index contributed by atoms with van der Waals surface area (Å²) >= 11 is 0. The van der Waals surface area contributed by atoms with Crippen LogP contribution >= 0.6 is 0 Å². The summed E-state index contributed by atoms with van der Waals surface area (Å²) in [5.74, 6) is 5.54. The van der Waals surface area contributed by atoms with Gasteiger partial charge in [-0.15, -0.1) is 0 Å². The minimum Gasteiger partial charge on any atom is -0.309 e. The molecule has 4 heterocycles. The highest BCUT2D eigenvalue weighted by Gasteiger charge is 2.19. The normalized spacial score (nSPS) is 11.3. The molecule has 10 nitrogen and oxygen atoms in total. The van der Waals surface area contributed by atoms with Gasteiger partial charge in [0.1, 0.15) is 0 Å². The zero-order chi connectivity index (χ0) is 56.5. The van der Waals surface area contributed by atoms with Gasteiger partial charge in [0.25, 0.3) is 0 Å². The van der Waals surface area contributed by atoms with E-state index in [9.17, 15) is 0 Å². The second-order valence-corrected chi connectivity index (χ2v) is 20.6. The van der Waals surface area contributed by atoms with Gasteiger partial charge in [-0.3, -0.25) is 0 Å². The van der Waals surface area contributed by atoms with Crippen LogP contribution in [0, 0.1) is 0 Å². The fourth-order valence-corrected chi connectivity index (χ4v) is 10.9. The highest BCUT2D eigenvalue weighted by Crippen LogP contribution is 2.39. The van der Waals surface area contributed by atoms with E-state index in [4.69, 9.17) is 44.9 Å². The minimum absolute atomic E-state index is 0.598. The molecule has 0 N–H and O–H groups in total. The first-order chi connectivity index (χ1) is 42.1. The van der Waals surface area contributed by atoms with Crippen LogP contribution < -0.4 is 0 Å². The summed E-state index contributed by atoms with van der Waals surface area (Å²) in [5, 5.41) is 2.22. The fraction of sp³-hybridized carbons (Fsp3) is 0. The molecule has 10 heteroatoms. The molecule has 85 heavy (non-hydrogen) atoms. The first kappa shape index (κ1) is 50.2. The molecular formula is C75H48N10. The zero-order valence-electron chi connectivity index (χ0n) is 45.7. The maximum atomic E-state index is 5.03. The summed E-state index contributed by atoms with van der Waals surface area (Å²) in [7, 11) is 0. The van der Waals surface area contributed by atoms with Crippen LogP contribution in [0.15, 0.2) is 291 Å². The van der Waals surface area contributed by atoms with E-state index < -0.39 is 0 Å². The zero-order valence-corrected chi connectivity index (χ0v) is 45.7. The number of hydrogen-bond donors (Lipinski definition) is 0. The quantitative estimate of drug-likeness (QED) is 0.118. The van der Waals surface area contributed by atoms with Crippen molar-refractivity contribution in [3.63, 3.8) is 0 Å². The van der Waals surface area contributed by atoms with Crippen molar-refractivity contribution < 1.29 is 0 Å². The number of benzene rings is 11. The average Bonchev–Trinajstić information content (AvgIpc) is 3.91. The largest absolute Gasteiger partial charge is 0.309 e. The Hall–Kier alpha value is -11.8. The number of nitrogens with zero attached hydrogens (tertiary/aromatic N) is 10. The van der Waals surface area contributed by atoms with Crippen molar-refractivity contribution in [1.29, 1.82) is 0 Å². The van der Waals surface area contributed by atoms with Gasteiger partial charge in [-0.2, -0.15) is 0 Å². The minimum atomic E-state index is 0.598. The Morgan fingerprint density at radius 2 is 0.353 bits per heavy atom. The molecule has 0 bridgehead atoms. The Morgan fingerprint density at radius 3 is 0.588 bits per heavy atom. The van der Waals surface area contributed by atoms with Gasteiger partial charge < -0.3 is 4.57 Å². The van der Waals surface area contributed by atoms with Crippen LogP contribution in [0.2, 0.25) is 0 Å². The van der Waals surface area contributed by atoms with E-state index in [1.165, 1.54) is 0 Å². The Labute approximate surface area is 490 Å². The molecule has 15 aromatic rings. The molecule has 15 rings (SSSR count). The lowest BCUT2D eigenvalue weighted by atomic mass is 9.99. The average molecular weight is 1090 g/mol. The van der Waals surface area contributed by atoms with Crippen LogP contribution in [0.5, 0.6) is 0 Å². The van der Waals surface area contributed by atoms with Crippen LogP contribution in [0.4, 0.5) is 0 Å². The Balaban J connectivity index is 0.824. The number of fused-ring (bicyclic) bond motifs is 3. The third kappa shape index (κ3) is 10.1. The molecule has 0 saturated carbocycles. The number of hydrogen-bond acceptors (Lipinski definition) is 9. The second-order valence-electron chi connectivity index (χ2n) is 20.6. The summed E-state index contributed by atoms with van der Waals surface area (Å²) in [6.45, 7) is 0. The molecule has 0 unspecified atom stereocenters. The van der Waals surface area contributed by atoms with Crippen LogP contribution in [0.3, 0.4) is 0 Å². The Bertz CT molecular complexity index is 4470. The van der Waals surface area contributed by atoms with E-state index in [0.29, 0.717) is 52.4 Å². The van der Waals surface area contributed by atoms with E-state index in [1.807, 2.05) is 182 Å². The number of aromatic nitrogens is 10. The van der Waals surface area contributed by atoms with Crippen LogP contribution in [0.25, 0.3) is 152 Å². The summed E-state index contributed by atoms with van der Waals surface area (Å²) in [6, 6.07) is 99.4. The predicted molar refractivity (Wildman–Crippen MR) is 341 cm³/mol. The molecule has 11 aromatic carbocycles. The van der Waals surface area contributed by atoms with Gasteiger partial charge in [-0.1, -0.05) is 243 Å². The molecule has 0 atom stereocenters. The molecule has 0 aliphatic carbocycles. The van der Waals surface area contributed by atoms with E-state index >= 15 is 0 Å². The highest BCUT2D eigenvalue weighted by molar-refractivity contribution is 6.11. The lowest BCUT2D eigenvalue weighted by Crippen LogP contribution is -2.00. The van der Waals surface area contributed by atoms with Gasteiger partial charge in [0, 0.05) is 66.5 Å². The third-order valence-electron chi connectivity index (χ3n) is 15.2. The molecule has 0 fully saturated rings. The van der Waals surface area contributed by atoms with E-state index in [2.05, 4.69) is 114 Å². The van der Waals surface area contributed by atoms with Crippen molar-refractivity contribution in [3.8, 4) is 130 Å². The molecule has 398 valence electrons. The molecule has 0 aliphatic rings. The topological polar surface area (TPSA) is 121 Å². The first-order valence-corrected chi connectivity index (χ1v) is 28.1. The van der Waals surface area contributed by atoms with E-state index in [1.54, 1.807) is 0 Å². The molecule has 0 saturated heterocycles. The van der Waals surface area contributed by atoms with Gasteiger partial charge in [0.05, 0.1) is 11.0 Å². The Morgan fingerprint density at radius 1 is 0.165 bits per heavy atom. The van der Waals surface area contributed by atoms with Crippen molar-refractivity contribution in [1.82, 2.24) is 49.4 Å². The van der Waals surface area contributed by atoms with Crippen molar-refractivity contribution in [2.24, 2.45) is 0 Å². The SMILES string of the molecule is c1ccc(-c2nc(-c3ccccc3)nc(-c3ccc(-c4ccc5c(c4)c4cc(-c6ccc(-c7nc(-c8ccccc8)nc(-c8ccccc8)n7)cc6)ccc4n5-c4ccc(-c5nc(-c6ccccc6)nc(-c6ccccc6)n5)cc4)cc3)n2)cc1. The van der Waals surface area contributed by atoms with Crippen molar-refractivity contribution in [3.05, 3.63) is 291 Å². The molecule has 0 aliphatic heterocycles.